The molecule has 0 aliphatic rings. The molecule has 8 heteroatoms. The number of alkyl halides is 3. The summed E-state index contributed by atoms with van der Waals surface area (Å²) in [6.07, 6.45) is -4.57. The number of rotatable bonds is 3. The van der Waals surface area contributed by atoms with E-state index in [-0.39, 0.29) is 27.9 Å². The van der Waals surface area contributed by atoms with Crippen LogP contribution in [0.15, 0.2) is 42.5 Å². The van der Waals surface area contributed by atoms with Crippen LogP contribution in [0.25, 0.3) is 22.2 Å². The first-order chi connectivity index (χ1) is 12.7. The number of hydrogen-bond acceptors (Lipinski definition) is 4. The molecule has 0 atom stereocenters. The molecule has 0 unspecified atom stereocenters. The highest BCUT2D eigenvalue weighted by molar-refractivity contribution is 5.96. The number of aromatic nitrogens is 1. The first-order valence-corrected chi connectivity index (χ1v) is 7.58. The minimum Gasteiger partial charge on any atom is -0.496 e. The molecule has 0 saturated heterocycles. The number of benzene rings is 2. The second-order valence-corrected chi connectivity index (χ2v) is 5.62. The van der Waals surface area contributed by atoms with Crippen molar-refractivity contribution in [2.75, 3.05) is 7.11 Å². The Kier molecular flexibility index (Phi) is 4.45. The van der Waals surface area contributed by atoms with Crippen molar-refractivity contribution in [1.82, 2.24) is 4.98 Å². The number of nitrogens with zero attached hydrogens (tertiary/aromatic N) is 2. The zero-order chi connectivity index (χ0) is 19.8. The van der Waals surface area contributed by atoms with Crippen LogP contribution in [0.3, 0.4) is 0 Å². The average molecular weight is 372 g/mol. The lowest BCUT2D eigenvalue weighted by Crippen LogP contribution is -2.05. The maximum absolute atomic E-state index is 12.9. The molecule has 2 aromatic carbocycles. The van der Waals surface area contributed by atoms with Gasteiger partial charge in [0.05, 0.1) is 41.1 Å². The van der Waals surface area contributed by atoms with E-state index in [1.165, 1.54) is 31.4 Å². The summed E-state index contributed by atoms with van der Waals surface area (Å²) in [6, 6.07) is 10.3. The van der Waals surface area contributed by atoms with Gasteiger partial charge >= 0.3 is 12.1 Å². The number of carboxylic acids is 1. The summed E-state index contributed by atoms with van der Waals surface area (Å²) < 4.78 is 43.9. The third kappa shape index (κ3) is 3.40. The van der Waals surface area contributed by atoms with Crippen LogP contribution in [0.2, 0.25) is 0 Å². The molecule has 0 aliphatic carbocycles. The van der Waals surface area contributed by atoms with Crippen LogP contribution in [-0.2, 0) is 6.18 Å². The summed E-state index contributed by atoms with van der Waals surface area (Å²) in [4.78, 5) is 15.5. The molecule has 5 nitrogen and oxygen atoms in total. The van der Waals surface area contributed by atoms with E-state index in [0.717, 1.165) is 18.2 Å². The zero-order valence-electron chi connectivity index (χ0n) is 13.8. The predicted octanol–water partition coefficient (Wildman–Crippen LogP) is 4.50. The number of ether oxygens (including phenoxy) is 1. The molecule has 0 fully saturated rings. The van der Waals surface area contributed by atoms with Gasteiger partial charge in [-0.15, -0.1) is 0 Å². The van der Waals surface area contributed by atoms with Crippen molar-refractivity contribution in [1.29, 1.82) is 5.26 Å². The summed E-state index contributed by atoms with van der Waals surface area (Å²) in [5.41, 5.74) is -0.467. The van der Waals surface area contributed by atoms with Crippen LogP contribution in [-0.4, -0.2) is 23.2 Å². The lowest BCUT2D eigenvalue weighted by atomic mass is 10.00. The average Bonchev–Trinajstić information content (AvgIpc) is 2.65. The van der Waals surface area contributed by atoms with E-state index < -0.39 is 17.7 Å². The van der Waals surface area contributed by atoms with Gasteiger partial charge in [0.25, 0.3) is 0 Å². The Bertz CT molecular complexity index is 1100. The summed E-state index contributed by atoms with van der Waals surface area (Å²) in [7, 11) is 1.40. The molecule has 0 aliphatic heterocycles. The van der Waals surface area contributed by atoms with Gasteiger partial charge in [0.15, 0.2) is 0 Å². The Morgan fingerprint density at radius 1 is 1.19 bits per heavy atom. The van der Waals surface area contributed by atoms with E-state index in [1.54, 1.807) is 6.07 Å². The lowest BCUT2D eigenvalue weighted by molar-refractivity contribution is -0.137. The van der Waals surface area contributed by atoms with Crippen LogP contribution in [0.5, 0.6) is 5.75 Å². The van der Waals surface area contributed by atoms with Gasteiger partial charge in [0.1, 0.15) is 5.75 Å². The largest absolute Gasteiger partial charge is 0.496 e. The van der Waals surface area contributed by atoms with Crippen LogP contribution in [0.4, 0.5) is 13.2 Å². The molecule has 3 rings (SSSR count). The number of pyridine rings is 1. The van der Waals surface area contributed by atoms with E-state index in [0.29, 0.717) is 11.1 Å². The summed E-state index contributed by atoms with van der Waals surface area (Å²) in [6.45, 7) is 0. The standard InChI is InChI=1S/C19H11F3N2O3/c1-27-17-8-16(24-15-7-10(18(25)26)2-4-14(15)17)13-5-3-12(19(20,21)22)6-11(13)9-23/h2-8H,1H3,(H,25,26). The topological polar surface area (TPSA) is 83.2 Å². The Morgan fingerprint density at radius 2 is 1.93 bits per heavy atom. The quantitative estimate of drug-likeness (QED) is 0.732. The fourth-order valence-electron chi connectivity index (χ4n) is 2.67. The van der Waals surface area contributed by atoms with Crippen LogP contribution in [0.1, 0.15) is 21.5 Å². The van der Waals surface area contributed by atoms with Crippen molar-refractivity contribution in [2.45, 2.75) is 6.18 Å². The number of carboxylic acid groups (broad SMARTS) is 1. The highest BCUT2D eigenvalue weighted by atomic mass is 19.4. The second-order valence-electron chi connectivity index (χ2n) is 5.62. The Hall–Kier alpha value is -3.60. The molecular formula is C19H11F3N2O3. The van der Waals surface area contributed by atoms with Gasteiger partial charge in [0.2, 0.25) is 0 Å². The minimum absolute atomic E-state index is 0.00197. The first kappa shape index (κ1) is 18.2. The molecule has 3 aromatic rings. The van der Waals surface area contributed by atoms with Gasteiger partial charge in [-0.3, -0.25) is 0 Å². The van der Waals surface area contributed by atoms with Crippen molar-refractivity contribution < 1.29 is 27.8 Å². The first-order valence-electron chi connectivity index (χ1n) is 7.58. The number of halogens is 3. The van der Waals surface area contributed by atoms with Gasteiger partial charge < -0.3 is 9.84 Å². The van der Waals surface area contributed by atoms with E-state index in [9.17, 15) is 23.2 Å². The summed E-state index contributed by atoms with van der Waals surface area (Å²) >= 11 is 0. The van der Waals surface area contributed by atoms with Gasteiger partial charge in [-0.1, -0.05) is 6.07 Å². The third-order valence-electron chi connectivity index (χ3n) is 3.98. The second kappa shape index (κ2) is 6.61. The van der Waals surface area contributed by atoms with E-state index >= 15 is 0 Å². The highest BCUT2D eigenvalue weighted by Crippen LogP contribution is 2.35. The Labute approximate surface area is 151 Å². The molecule has 1 aromatic heterocycles. The maximum Gasteiger partial charge on any atom is 0.416 e. The molecule has 1 N–H and O–H groups in total. The molecule has 27 heavy (non-hydrogen) atoms. The van der Waals surface area contributed by atoms with Crippen molar-refractivity contribution in [3.05, 3.63) is 59.2 Å². The van der Waals surface area contributed by atoms with E-state index in [2.05, 4.69) is 4.98 Å². The number of nitriles is 1. The van der Waals surface area contributed by atoms with E-state index in [4.69, 9.17) is 9.84 Å². The van der Waals surface area contributed by atoms with Crippen LogP contribution >= 0.6 is 0 Å². The Morgan fingerprint density at radius 3 is 2.52 bits per heavy atom. The number of methoxy groups -OCH3 is 1. The van der Waals surface area contributed by atoms with Gasteiger partial charge in [-0.2, -0.15) is 18.4 Å². The van der Waals surface area contributed by atoms with Crippen molar-refractivity contribution >= 4 is 16.9 Å². The fourth-order valence-corrected chi connectivity index (χ4v) is 2.67. The number of carbonyl (C=O) groups is 1. The van der Waals surface area contributed by atoms with E-state index in [1.807, 2.05) is 0 Å². The molecule has 0 spiro atoms. The monoisotopic (exact) mass is 372 g/mol. The van der Waals surface area contributed by atoms with Gasteiger partial charge in [0, 0.05) is 17.0 Å². The summed E-state index contributed by atoms with van der Waals surface area (Å²) in [5.74, 6) is -0.786. The smallest absolute Gasteiger partial charge is 0.416 e. The number of aromatic carboxylic acids is 1. The van der Waals surface area contributed by atoms with Crippen LogP contribution in [0, 0.1) is 11.3 Å². The molecule has 0 radical (unpaired) electrons. The van der Waals surface area contributed by atoms with Crippen molar-refractivity contribution in [3.63, 3.8) is 0 Å². The molecule has 136 valence electrons. The summed E-state index contributed by atoms with van der Waals surface area (Å²) in [5, 5.41) is 18.9. The van der Waals surface area contributed by atoms with Gasteiger partial charge in [-0.25, -0.2) is 9.78 Å². The SMILES string of the molecule is COc1cc(-c2ccc(C(F)(F)F)cc2C#N)nc2cc(C(=O)O)ccc12. The molecule has 0 bridgehead atoms. The minimum atomic E-state index is -4.57. The highest BCUT2D eigenvalue weighted by Gasteiger charge is 2.31. The van der Waals surface area contributed by atoms with Crippen molar-refractivity contribution in [2.24, 2.45) is 0 Å². The third-order valence-corrected chi connectivity index (χ3v) is 3.98. The van der Waals surface area contributed by atoms with Crippen LogP contribution < -0.4 is 4.74 Å². The normalized spacial score (nSPS) is 11.2. The molecule has 1 heterocycles. The maximum atomic E-state index is 12.9. The lowest BCUT2D eigenvalue weighted by Gasteiger charge is -2.12. The zero-order valence-corrected chi connectivity index (χ0v) is 13.8. The molecular weight excluding hydrogens is 361 g/mol. The molecule has 0 saturated carbocycles. The predicted molar refractivity (Wildman–Crippen MR) is 90.4 cm³/mol. The number of fused-ring (bicyclic) bond motifs is 1. The number of hydrogen-bond donors (Lipinski definition) is 1. The molecule has 0 amide bonds. The van der Waals surface area contributed by atoms with Crippen molar-refractivity contribution in [3.8, 4) is 23.1 Å². The fraction of sp³-hybridized carbons (Fsp3) is 0.105. The van der Waals surface area contributed by atoms with Gasteiger partial charge in [-0.05, 0) is 30.3 Å². The Balaban J connectivity index is 2.25.